The highest BCUT2D eigenvalue weighted by molar-refractivity contribution is 6.04. The second-order valence-electron chi connectivity index (χ2n) is 8.48. The summed E-state index contributed by atoms with van der Waals surface area (Å²) in [5.41, 5.74) is 3.86. The molecule has 0 radical (unpaired) electrons. The third kappa shape index (κ3) is 4.48. The second-order valence-corrected chi connectivity index (χ2v) is 8.48. The molecule has 0 bridgehead atoms. The molecular weight excluding hydrogens is 440 g/mol. The van der Waals surface area contributed by atoms with Crippen LogP contribution in [0, 0.1) is 29.6 Å². The van der Waals surface area contributed by atoms with Crippen molar-refractivity contribution < 1.29 is 4.79 Å². The topological polar surface area (TPSA) is 140 Å². The molecule has 2 N–H and O–H groups in total. The molecule has 172 valence electrons. The van der Waals surface area contributed by atoms with E-state index in [-0.39, 0.29) is 5.91 Å². The van der Waals surface area contributed by atoms with Crippen LogP contribution in [0.4, 0.5) is 11.5 Å². The molecule has 0 fully saturated rings. The predicted octanol–water partition coefficient (Wildman–Crippen LogP) is 4.36. The van der Waals surface area contributed by atoms with E-state index in [2.05, 4.69) is 42.7 Å². The predicted molar refractivity (Wildman–Crippen MR) is 133 cm³/mol. The van der Waals surface area contributed by atoms with Crippen LogP contribution in [0.3, 0.4) is 0 Å². The molecule has 4 heterocycles. The quantitative estimate of drug-likeness (QED) is 0.446. The van der Waals surface area contributed by atoms with Gasteiger partial charge in [-0.05, 0) is 45.0 Å². The molecule has 0 atom stereocenters. The number of nitriles is 2. The average molecular weight is 463 g/mol. The summed E-state index contributed by atoms with van der Waals surface area (Å²) in [6, 6.07) is 11.3. The van der Waals surface area contributed by atoms with E-state index in [0.717, 1.165) is 22.2 Å². The molecule has 9 nitrogen and oxygen atoms in total. The van der Waals surface area contributed by atoms with Gasteiger partial charge in [-0.1, -0.05) is 0 Å². The van der Waals surface area contributed by atoms with Gasteiger partial charge in [0.1, 0.15) is 17.5 Å². The Morgan fingerprint density at radius 2 is 1.83 bits per heavy atom. The summed E-state index contributed by atoms with van der Waals surface area (Å²) >= 11 is 0. The first-order valence-electron chi connectivity index (χ1n) is 10.8. The van der Waals surface area contributed by atoms with Crippen LogP contribution in [0.15, 0.2) is 49.1 Å². The van der Waals surface area contributed by atoms with Gasteiger partial charge < -0.3 is 10.6 Å². The normalized spacial score (nSPS) is 10.9. The van der Waals surface area contributed by atoms with Crippen molar-refractivity contribution in [2.24, 2.45) is 0 Å². The molecule has 0 aromatic carbocycles. The van der Waals surface area contributed by atoms with E-state index in [4.69, 9.17) is 0 Å². The lowest BCUT2D eigenvalue weighted by atomic mass is 9.90. The van der Waals surface area contributed by atoms with Gasteiger partial charge in [0.15, 0.2) is 0 Å². The summed E-state index contributed by atoms with van der Waals surface area (Å²) in [7, 11) is 1.70. The maximum absolute atomic E-state index is 12.9. The summed E-state index contributed by atoms with van der Waals surface area (Å²) < 4.78 is 0. The number of hydrogen-bond donors (Lipinski definition) is 2. The van der Waals surface area contributed by atoms with E-state index < -0.39 is 5.41 Å². The van der Waals surface area contributed by atoms with Crippen LogP contribution in [0.2, 0.25) is 0 Å². The van der Waals surface area contributed by atoms with E-state index in [1.807, 2.05) is 19.1 Å². The molecule has 0 unspecified atom stereocenters. The number of amides is 1. The van der Waals surface area contributed by atoms with E-state index in [1.54, 1.807) is 51.6 Å². The molecule has 0 saturated heterocycles. The number of aromatic nitrogens is 4. The number of nitrogens with zero attached hydrogens (tertiary/aromatic N) is 6. The number of pyridine rings is 4. The van der Waals surface area contributed by atoms with Crippen molar-refractivity contribution in [1.82, 2.24) is 19.9 Å². The summed E-state index contributed by atoms with van der Waals surface area (Å²) in [6.45, 7) is 5.37. The van der Waals surface area contributed by atoms with E-state index in [9.17, 15) is 15.3 Å². The molecule has 4 aromatic heterocycles. The fraction of sp³-hybridized carbons (Fsp3) is 0.192. The van der Waals surface area contributed by atoms with Gasteiger partial charge in [0, 0.05) is 53.4 Å². The third-order valence-electron chi connectivity index (χ3n) is 5.67. The third-order valence-corrected chi connectivity index (χ3v) is 5.67. The molecule has 0 aliphatic heterocycles. The first kappa shape index (κ1) is 23.3. The lowest BCUT2D eigenvalue weighted by Crippen LogP contribution is -2.18. The highest BCUT2D eigenvalue weighted by Crippen LogP contribution is 2.29. The second kappa shape index (κ2) is 9.16. The molecule has 35 heavy (non-hydrogen) atoms. The molecule has 0 aliphatic rings. The molecule has 4 rings (SSSR count). The Hall–Kier alpha value is -4.89. The summed E-state index contributed by atoms with van der Waals surface area (Å²) in [5, 5.41) is 25.4. The minimum absolute atomic E-state index is 0.335. The fourth-order valence-corrected chi connectivity index (χ4v) is 3.61. The lowest BCUT2D eigenvalue weighted by Gasteiger charge is -2.15. The smallest absolute Gasteiger partial charge is 0.255 e. The monoisotopic (exact) mass is 462 g/mol. The van der Waals surface area contributed by atoms with Gasteiger partial charge in [-0.3, -0.25) is 19.7 Å². The molecule has 9 heteroatoms. The van der Waals surface area contributed by atoms with E-state index >= 15 is 0 Å². The van der Waals surface area contributed by atoms with Crippen LogP contribution in [0.25, 0.3) is 22.0 Å². The van der Waals surface area contributed by atoms with E-state index in [1.165, 1.54) is 6.20 Å². The van der Waals surface area contributed by atoms with Crippen LogP contribution in [-0.4, -0.2) is 32.9 Å². The van der Waals surface area contributed by atoms with Crippen LogP contribution in [0.5, 0.6) is 0 Å². The molecule has 0 spiro atoms. The Morgan fingerprint density at radius 1 is 1.03 bits per heavy atom. The number of anilines is 2. The van der Waals surface area contributed by atoms with Crippen LogP contribution < -0.4 is 10.6 Å². The zero-order chi connectivity index (χ0) is 25.2. The zero-order valence-electron chi connectivity index (χ0n) is 19.7. The zero-order valence-corrected chi connectivity index (χ0v) is 19.7. The van der Waals surface area contributed by atoms with Crippen molar-refractivity contribution in [2.75, 3.05) is 17.7 Å². The van der Waals surface area contributed by atoms with Crippen molar-refractivity contribution >= 4 is 28.3 Å². The lowest BCUT2D eigenvalue weighted by molar-refractivity contribution is 0.102. The van der Waals surface area contributed by atoms with Crippen LogP contribution >= 0.6 is 0 Å². The molecule has 1 amide bonds. The van der Waals surface area contributed by atoms with Gasteiger partial charge in [-0.15, -0.1) is 0 Å². The van der Waals surface area contributed by atoms with Crippen molar-refractivity contribution in [1.29, 1.82) is 10.5 Å². The molecule has 0 aliphatic carbocycles. The van der Waals surface area contributed by atoms with Crippen molar-refractivity contribution in [3.8, 4) is 23.3 Å². The minimum atomic E-state index is -0.813. The SMILES string of the molecule is CNc1ncc2cc(-c3cc(NC(=O)c4ccnc(C(C)(C)C#N)c4)cnc3C)cnc2c1C#N. The number of aryl methyl sites for hydroxylation is 1. The number of hydrogen-bond acceptors (Lipinski definition) is 8. The summed E-state index contributed by atoms with van der Waals surface area (Å²) in [6.07, 6.45) is 6.45. The van der Waals surface area contributed by atoms with Gasteiger partial charge in [-0.25, -0.2) is 4.98 Å². The van der Waals surface area contributed by atoms with Crippen LogP contribution in [-0.2, 0) is 5.41 Å². The van der Waals surface area contributed by atoms with Gasteiger partial charge in [0.05, 0.1) is 34.6 Å². The molecular formula is C26H22N8O. The molecule has 4 aromatic rings. The van der Waals surface area contributed by atoms with Crippen molar-refractivity contribution in [3.05, 3.63) is 71.6 Å². The fourth-order valence-electron chi connectivity index (χ4n) is 3.61. The Bertz CT molecular complexity index is 1550. The summed E-state index contributed by atoms with van der Waals surface area (Å²) in [5.74, 6) is 0.137. The number of nitrogens with one attached hydrogen (secondary N) is 2. The number of carbonyl (C=O) groups excluding carboxylic acids is 1. The maximum Gasteiger partial charge on any atom is 0.255 e. The van der Waals surface area contributed by atoms with E-state index in [0.29, 0.717) is 33.8 Å². The van der Waals surface area contributed by atoms with Gasteiger partial charge in [0.2, 0.25) is 0 Å². The van der Waals surface area contributed by atoms with Crippen molar-refractivity contribution in [3.63, 3.8) is 0 Å². The Balaban J connectivity index is 1.67. The Labute approximate surface area is 202 Å². The number of carbonyl (C=O) groups is 1. The minimum Gasteiger partial charge on any atom is -0.372 e. The van der Waals surface area contributed by atoms with Gasteiger partial charge in [0.25, 0.3) is 5.91 Å². The average Bonchev–Trinajstić information content (AvgIpc) is 2.88. The van der Waals surface area contributed by atoms with Crippen LogP contribution in [0.1, 0.15) is 41.2 Å². The Morgan fingerprint density at radius 3 is 2.54 bits per heavy atom. The number of fused-ring (bicyclic) bond motifs is 1. The molecule has 0 saturated carbocycles. The largest absolute Gasteiger partial charge is 0.372 e. The van der Waals surface area contributed by atoms with Gasteiger partial charge in [-0.2, -0.15) is 10.5 Å². The first-order chi connectivity index (χ1) is 16.8. The highest BCUT2D eigenvalue weighted by atomic mass is 16.1. The maximum atomic E-state index is 12.9. The van der Waals surface area contributed by atoms with Crippen molar-refractivity contribution in [2.45, 2.75) is 26.2 Å². The summed E-state index contributed by atoms with van der Waals surface area (Å²) in [4.78, 5) is 30.4. The van der Waals surface area contributed by atoms with Gasteiger partial charge >= 0.3 is 0 Å². The Kier molecular flexibility index (Phi) is 6.09. The first-order valence-corrected chi connectivity index (χ1v) is 10.8. The highest BCUT2D eigenvalue weighted by Gasteiger charge is 2.22. The number of rotatable bonds is 5. The standard InChI is InChI=1S/C26H22N8O/c1-15-20(17-7-18-12-33-24(29-4)21(10-27)23(18)32-11-17)9-19(13-31-15)34-25(35)16-5-6-30-22(8-16)26(2,3)14-28/h5-9,11-13H,1-4H3,(H,29,33)(H,34,35).